The first-order valence-electron chi connectivity index (χ1n) is 13.0. The highest BCUT2D eigenvalue weighted by Gasteiger charge is 2.49. The van der Waals surface area contributed by atoms with Gasteiger partial charge in [-0.25, -0.2) is 0 Å². The third-order valence-electron chi connectivity index (χ3n) is 7.41. The van der Waals surface area contributed by atoms with Gasteiger partial charge in [-0.2, -0.15) is 0 Å². The molecule has 6 nitrogen and oxygen atoms in total. The van der Waals surface area contributed by atoms with Crippen LogP contribution in [-0.4, -0.2) is 41.5 Å². The number of hydrogen-bond acceptors (Lipinski definition) is 5. The van der Waals surface area contributed by atoms with Crippen LogP contribution in [0.15, 0.2) is 42.0 Å². The average molecular weight is 492 g/mol. The number of aliphatic hydroxyl groups excluding tert-OH is 1. The number of aliphatic hydroxyl groups is 1. The van der Waals surface area contributed by atoms with Gasteiger partial charge >= 0.3 is 0 Å². The van der Waals surface area contributed by atoms with Crippen LogP contribution in [0.3, 0.4) is 0 Å². The third kappa shape index (κ3) is 4.73. The van der Waals surface area contributed by atoms with Gasteiger partial charge in [-0.15, -0.1) is 0 Å². The van der Waals surface area contributed by atoms with Gasteiger partial charge in [-0.05, 0) is 73.6 Å². The minimum atomic E-state index is -0.646. The molecule has 2 aliphatic rings. The number of aryl methyl sites for hydroxylation is 1. The highest BCUT2D eigenvalue weighted by molar-refractivity contribution is 6.46. The topological polar surface area (TPSA) is 76.1 Å². The van der Waals surface area contributed by atoms with E-state index in [4.69, 9.17) is 9.47 Å². The third-order valence-corrected chi connectivity index (χ3v) is 7.41. The maximum absolute atomic E-state index is 13.5. The maximum atomic E-state index is 13.5. The van der Waals surface area contributed by atoms with Crippen LogP contribution >= 0.6 is 0 Å². The molecule has 0 radical (unpaired) electrons. The summed E-state index contributed by atoms with van der Waals surface area (Å²) in [5.74, 6) is 0.329. The zero-order valence-corrected chi connectivity index (χ0v) is 22.0. The molecule has 0 bridgehead atoms. The van der Waals surface area contributed by atoms with E-state index in [0.29, 0.717) is 12.2 Å². The smallest absolute Gasteiger partial charge is 0.295 e. The lowest BCUT2D eigenvalue weighted by molar-refractivity contribution is -0.141. The van der Waals surface area contributed by atoms with Crippen molar-refractivity contribution >= 4 is 17.4 Å². The SMILES string of the molecule is CCOc1ccc(C2/C(=C(\O)c3cc(C(C)C)c(OC)cc3C)C(=O)C(=O)N2C2CCCCC2)cc1. The van der Waals surface area contributed by atoms with Gasteiger partial charge in [-0.3, -0.25) is 9.59 Å². The van der Waals surface area contributed by atoms with E-state index in [1.165, 1.54) is 0 Å². The molecule has 1 aliphatic heterocycles. The average Bonchev–Trinajstić information content (AvgIpc) is 3.14. The Kier molecular flexibility index (Phi) is 7.72. The first kappa shape index (κ1) is 25.8. The van der Waals surface area contributed by atoms with Crippen LogP contribution in [0.25, 0.3) is 5.76 Å². The second kappa shape index (κ2) is 10.8. The Morgan fingerprint density at radius 1 is 1.08 bits per heavy atom. The minimum absolute atomic E-state index is 0.0275. The van der Waals surface area contributed by atoms with Crippen molar-refractivity contribution in [2.24, 2.45) is 0 Å². The number of likely N-dealkylation sites (tertiary alicyclic amines) is 1. The van der Waals surface area contributed by atoms with E-state index in [2.05, 4.69) is 13.8 Å². The molecule has 2 fully saturated rings. The molecule has 4 rings (SSSR count). The molecule has 1 aliphatic carbocycles. The molecule has 2 aromatic carbocycles. The monoisotopic (exact) mass is 491 g/mol. The van der Waals surface area contributed by atoms with Crippen molar-refractivity contribution in [3.8, 4) is 11.5 Å². The predicted molar refractivity (Wildman–Crippen MR) is 140 cm³/mol. The van der Waals surface area contributed by atoms with Gasteiger partial charge in [-0.1, -0.05) is 45.2 Å². The lowest BCUT2D eigenvalue weighted by Gasteiger charge is -2.35. The molecule has 192 valence electrons. The van der Waals surface area contributed by atoms with Gasteiger partial charge in [0.2, 0.25) is 0 Å². The van der Waals surface area contributed by atoms with Crippen molar-refractivity contribution in [3.05, 3.63) is 64.2 Å². The summed E-state index contributed by atoms with van der Waals surface area (Å²) in [4.78, 5) is 28.7. The molecule has 1 N–H and O–H groups in total. The number of carbonyl (C=O) groups excluding carboxylic acids is 2. The van der Waals surface area contributed by atoms with Gasteiger partial charge in [0, 0.05) is 11.6 Å². The van der Waals surface area contributed by atoms with E-state index in [-0.39, 0.29) is 23.3 Å². The zero-order chi connectivity index (χ0) is 26.0. The van der Waals surface area contributed by atoms with Crippen molar-refractivity contribution in [2.45, 2.75) is 77.8 Å². The molecule has 1 unspecified atom stereocenters. The van der Waals surface area contributed by atoms with Crippen LogP contribution in [0.2, 0.25) is 0 Å². The highest BCUT2D eigenvalue weighted by atomic mass is 16.5. The lowest BCUT2D eigenvalue weighted by atomic mass is 9.89. The summed E-state index contributed by atoms with van der Waals surface area (Å²) in [6.07, 6.45) is 4.91. The van der Waals surface area contributed by atoms with Crippen molar-refractivity contribution in [2.75, 3.05) is 13.7 Å². The van der Waals surface area contributed by atoms with Crippen LogP contribution in [0.5, 0.6) is 11.5 Å². The second-order valence-corrected chi connectivity index (χ2v) is 10.1. The number of nitrogens with zero attached hydrogens (tertiary/aromatic N) is 1. The first-order valence-corrected chi connectivity index (χ1v) is 13.0. The fourth-order valence-corrected chi connectivity index (χ4v) is 5.55. The van der Waals surface area contributed by atoms with E-state index in [1.807, 2.05) is 50.2 Å². The van der Waals surface area contributed by atoms with Crippen LogP contribution in [0, 0.1) is 6.92 Å². The summed E-state index contributed by atoms with van der Waals surface area (Å²) in [6.45, 7) is 8.46. The van der Waals surface area contributed by atoms with Crippen molar-refractivity contribution in [1.82, 2.24) is 4.90 Å². The zero-order valence-electron chi connectivity index (χ0n) is 22.0. The molecular formula is C30H37NO5. The van der Waals surface area contributed by atoms with E-state index in [0.717, 1.165) is 60.3 Å². The van der Waals surface area contributed by atoms with E-state index >= 15 is 0 Å². The number of hydrogen-bond donors (Lipinski definition) is 1. The molecule has 36 heavy (non-hydrogen) atoms. The quantitative estimate of drug-likeness (QED) is 0.280. The number of benzene rings is 2. The van der Waals surface area contributed by atoms with E-state index in [1.54, 1.807) is 12.0 Å². The van der Waals surface area contributed by atoms with Gasteiger partial charge in [0.15, 0.2) is 0 Å². The Morgan fingerprint density at radius 3 is 2.33 bits per heavy atom. The summed E-state index contributed by atoms with van der Waals surface area (Å²) in [5.41, 5.74) is 3.21. The second-order valence-electron chi connectivity index (χ2n) is 10.1. The fourth-order valence-electron chi connectivity index (χ4n) is 5.55. The molecule has 1 saturated heterocycles. The molecule has 0 aromatic heterocycles. The van der Waals surface area contributed by atoms with Gasteiger partial charge in [0.25, 0.3) is 11.7 Å². The number of carbonyl (C=O) groups is 2. The van der Waals surface area contributed by atoms with Gasteiger partial charge in [0.05, 0.1) is 25.3 Å². The Hall–Kier alpha value is -3.28. The number of Topliss-reactive ketones (excluding diaryl/α,β-unsaturated/α-hetero) is 1. The minimum Gasteiger partial charge on any atom is -0.507 e. The van der Waals surface area contributed by atoms with Crippen molar-refractivity contribution in [3.63, 3.8) is 0 Å². The molecule has 1 atom stereocenters. The Balaban J connectivity index is 1.89. The van der Waals surface area contributed by atoms with Crippen molar-refractivity contribution in [1.29, 1.82) is 0 Å². The predicted octanol–water partition coefficient (Wildman–Crippen LogP) is 6.28. The lowest BCUT2D eigenvalue weighted by Crippen LogP contribution is -2.40. The highest BCUT2D eigenvalue weighted by Crippen LogP contribution is 2.44. The molecular weight excluding hydrogens is 454 g/mol. The normalized spacial score (nSPS) is 20.3. The summed E-state index contributed by atoms with van der Waals surface area (Å²) >= 11 is 0. The van der Waals surface area contributed by atoms with Crippen LogP contribution in [0.1, 0.15) is 87.1 Å². The number of ether oxygens (including phenoxy) is 2. The summed E-state index contributed by atoms with van der Waals surface area (Å²) in [6, 6.07) is 10.6. The molecule has 1 heterocycles. The standard InChI is InChI=1S/C30H37NO5/c1-6-36-22-14-12-20(13-15-22)27-26(29(33)30(34)31(27)21-10-8-7-9-11-21)28(32)24-17-23(18(2)3)25(35-5)16-19(24)4/h12-18,21,27,32H,6-11H2,1-5H3/b28-26+. The molecule has 6 heteroatoms. The largest absolute Gasteiger partial charge is 0.507 e. The number of amides is 1. The number of rotatable bonds is 7. The number of ketones is 1. The van der Waals surface area contributed by atoms with E-state index < -0.39 is 17.7 Å². The van der Waals surface area contributed by atoms with Crippen LogP contribution in [-0.2, 0) is 9.59 Å². The Bertz CT molecular complexity index is 1160. The van der Waals surface area contributed by atoms with Gasteiger partial charge < -0.3 is 19.5 Å². The Morgan fingerprint density at radius 2 is 1.75 bits per heavy atom. The van der Waals surface area contributed by atoms with Crippen LogP contribution < -0.4 is 9.47 Å². The summed E-state index contributed by atoms with van der Waals surface area (Å²) in [5, 5.41) is 11.7. The molecule has 0 spiro atoms. The fraction of sp³-hybridized carbons (Fsp3) is 0.467. The number of methoxy groups -OCH3 is 1. The first-order chi connectivity index (χ1) is 17.3. The van der Waals surface area contributed by atoms with E-state index in [9.17, 15) is 14.7 Å². The Labute approximate surface area is 213 Å². The summed E-state index contributed by atoms with van der Waals surface area (Å²) < 4.78 is 11.2. The molecule has 1 amide bonds. The van der Waals surface area contributed by atoms with Gasteiger partial charge in [0.1, 0.15) is 17.3 Å². The summed E-state index contributed by atoms with van der Waals surface area (Å²) in [7, 11) is 1.63. The molecule has 2 aromatic rings. The maximum Gasteiger partial charge on any atom is 0.295 e. The van der Waals surface area contributed by atoms with Crippen LogP contribution in [0.4, 0.5) is 0 Å². The van der Waals surface area contributed by atoms with Crippen molar-refractivity contribution < 1.29 is 24.2 Å². The molecule has 1 saturated carbocycles.